The van der Waals surface area contributed by atoms with E-state index in [-0.39, 0.29) is 63.8 Å². The van der Waals surface area contributed by atoms with Gasteiger partial charge in [-0.1, -0.05) is 136 Å². The van der Waals surface area contributed by atoms with Crippen LogP contribution in [0.25, 0.3) is 22.5 Å². The van der Waals surface area contributed by atoms with Gasteiger partial charge in [0.15, 0.2) is 23.2 Å². The number of unbranched alkanes of at least 4 members (excludes halogenated alkanes) is 8. The van der Waals surface area contributed by atoms with Gasteiger partial charge in [0, 0.05) is 82.8 Å². The van der Waals surface area contributed by atoms with Crippen LogP contribution in [0.5, 0.6) is 0 Å². The summed E-state index contributed by atoms with van der Waals surface area (Å²) in [7, 11) is -4.50. The van der Waals surface area contributed by atoms with Gasteiger partial charge in [-0.05, 0) is 104 Å². The summed E-state index contributed by atoms with van der Waals surface area (Å²) >= 11 is 0. The third-order valence-electron chi connectivity index (χ3n) is 12.5. The summed E-state index contributed by atoms with van der Waals surface area (Å²) in [5.41, 5.74) is 19.7. The fourth-order valence-corrected chi connectivity index (χ4v) is 9.11. The maximum Gasteiger partial charge on any atom is 0.294 e. The van der Waals surface area contributed by atoms with E-state index in [1.807, 2.05) is 36.4 Å². The Morgan fingerprint density at radius 2 is 0.800 bits per heavy atom. The Balaban J connectivity index is 0.000000266. The number of aromatic nitrogens is 6. The van der Waals surface area contributed by atoms with Crippen LogP contribution in [0, 0.1) is 0 Å². The minimum Gasteiger partial charge on any atom is -0.397 e. The van der Waals surface area contributed by atoms with E-state index in [1.165, 1.54) is 86.8 Å². The Morgan fingerprint density at radius 3 is 1.11 bits per heavy atom. The molecule has 0 atom stereocenters. The molecular formula is C64H78N8O11S2. The molecule has 4 aromatic heterocycles. The van der Waals surface area contributed by atoms with E-state index in [0.717, 1.165) is 61.2 Å². The molecule has 0 amide bonds. The van der Waals surface area contributed by atoms with E-state index < -0.39 is 20.2 Å². The summed E-state index contributed by atoms with van der Waals surface area (Å²) in [5, 5.41) is 7.57. The Labute approximate surface area is 499 Å². The number of aliphatic hydroxyl groups excluding tert-OH is 1. The van der Waals surface area contributed by atoms with Gasteiger partial charge in [0.1, 0.15) is 11.4 Å². The zero-order valence-corrected chi connectivity index (χ0v) is 50.1. The first-order chi connectivity index (χ1) is 41.0. The molecule has 19 nitrogen and oxygen atoms in total. The van der Waals surface area contributed by atoms with Gasteiger partial charge in [0.2, 0.25) is 0 Å². The number of methoxy groups -OCH3 is 2. The van der Waals surface area contributed by atoms with Crippen molar-refractivity contribution in [3.63, 3.8) is 0 Å². The normalized spacial score (nSPS) is 10.8. The highest BCUT2D eigenvalue weighted by molar-refractivity contribution is 7.86. The average molecular weight is 1200 g/mol. The summed E-state index contributed by atoms with van der Waals surface area (Å²) in [6, 6.07) is 38.8. The van der Waals surface area contributed by atoms with Crippen molar-refractivity contribution in [1.82, 2.24) is 29.9 Å². The lowest BCUT2D eigenvalue weighted by Crippen LogP contribution is -2.11. The number of pyridine rings is 2. The molecule has 0 saturated carbocycles. The quantitative estimate of drug-likeness (QED) is 0.0191. The molecule has 7 N–H and O–H groups in total. The highest BCUT2D eigenvalue weighted by atomic mass is 32.2. The number of ketones is 2. The van der Waals surface area contributed by atoms with Gasteiger partial charge in [-0.25, -0.2) is 19.9 Å². The van der Waals surface area contributed by atoms with Crippen molar-refractivity contribution in [1.29, 1.82) is 0 Å². The molecule has 8 aromatic rings. The number of nitrogens with zero attached hydrogens (tertiary/aromatic N) is 6. The second kappa shape index (κ2) is 38.8. The molecule has 0 fully saturated rings. The molecule has 0 aliphatic rings. The Kier molecular flexibility index (Phi) is 31.7. The fraction of sp³-hybridized carbons (Fsp3) is 0.312. The topological polar surface area (TPSA) is 311 Å². The lowest BCUT2D eigenvalue weighted by Gasteiger charge is -2.08. The van der Waals surface area contributed by atoms with Crippen LogP contribution in [0.2, 0.25) is 0 Å². The molecule has 452 valence electrons. The fourth-order valence-electron chi connectivity index (χ4n) is 8.11. The number of nitrogens with two attached hydrogens (primary N) is 2. The highest BCUT2D eigenvalue weighted by Gasteiger charge is 2.17. The van der Waals surface area contributed by atoms with E-state index in [9.17, 15) is 26.4 Å². The number of nitrogen functional groups attached to an aromatic ring is 2. The average Bonchev–Trinajstić information content (AvgIpc) is 3.71. The molecular weight excluding hydrogens is 1120 g/mol. The van der Waals surface area contributed by atoms with Gasteiger partial charge in [-0.15, -0.1) is 0 Å². The summed E-state index contributed by atoms with van der Waals surface area (Å²) in [6.45, 7) is 3.64. The molecule has 0 saturated heterocycles. The molecule has 0 spiro atoms. The molecule has 0 aliphatic heterocycles. The zero-order valence-electron chi connectivity index (χ0n) is 48.4. The second-order valence-electron chi connectivity index (χ2n) is 19.2. The molecule has 0 bridgehead atoms. The molecule has 8 rings (SSSR count). The van der Waals surface area contributed by atoms with Gasteiger partial charge in [-0.2, -0.15) is 16.8 Å². The lowest BCUT2D eigenvalue weighted by atomic mass is 10.0. The summed E-state index contributed by atoms with van der Waals surface area (Å²) in [4.78, 5) is 50.7. The van der Waals surface area contributed by atoms with Crippen molar-refractivity contribution in [3.8, 4) is 22.5 Å². The van der Waals surface area contributed by atoms with E-state index in [4.69, 9.17) is 35.2 Å². The summed E-state index contributed by atoms with van der Waals surface area (Å²) in [6.07, 6.45) is 24.5. The maximum atomic E-state index is 12.7. The maximum absolute atomic E-state index is 12.7. The van der Waals surface area contributed by atoms with Crippen molar-refractivity contribution in [2.45, 2.75) is 107 Å². The van der Waals surface area contributed by atoms with Crippen LogP contribution in [0.1, 0.15) is 114 Å². The smallest absolute Gasteiger partial charge is 0.294 e. The van der Waals surface area contributed by atoms with Crippen molar-refractivity contribution < 1.29 is 50.1 Å². The van der Waals surface area contributed by atoms with Gasteiger partial charge >= 0.3 is 0 Å². The number of rotatable bonds is 26. The van der Waals surface area contributed by atoms with Gasteiger partial charge < -0.3 is 26.0 Å². The van der Waals surface area contributed by atoms with Crippen molar-refractivity contribution in [2.75, 3.05) is 45.5 Å². The predicted molar refractivity (Wildman–Crippen MR) is 331 cm³/mol. The Bertz CT molecular complexity index is 3180. The monoisotopic (exact) mass is 1200 g/mol. The van der Waals surface area contributed by atoms with E-state index in [0.29, 0.717) is 11.4 Å². The number of benzene rings is 4. The van der Waals surface area contributed by atoms with Crippen molar-refractivity contribution >= 4 is 43.4 Å². The van der Waals surface area contributed by atoms with E-state index >= 15 is 0 Å². The number of carbonyl (C=O) groups excluding carboxylic acids is 2. The molecule has 21 heteroatoms. The third kappa shape index (κ3) is 27.1. The molecule has 85 heavy (non-hydrogen) atoms. The van der Waals surface area contributed by atoms with Gasteiger partial charge in [-0.3, -0.25) is 28.7 Å². The van der Waals surface area contributed by atoms with Crippen LogP contribution in [-0.4, -0.2) is 107 Å². The van der Waals surface area contributed by atoms with Crippen LogP contribution in [0.15, 0.2) is 180 Å². The lowest BCUT2D eigenvalue weighted by molar-refractivity contribution is 0.0980. The van der Waals surface area contributed by atoms with Crippen molar-refractivity contribution in [3.05, 3.63) is 204 Å². The number of hydrogen-bond acceptors (Lipinski definition) is 17. The molecule has 0 aliphatic carbocycles. The van der Waals surface area contributed by atoms with Crippen molar-refractivity contribution in [2.24, 2.45) is 0 Å². The highest BCUT2D eigenvalue weighted by Crippen LogP contribution is 2.23. The number of aliphatic hydroxyl groups is 1. The number of aryl methyl sites for hydroxylation is 2. The molecule has 4 aromatic carbocycles. The van der Waals surface area contributed by atoms with E-state index in [1.54, 1.807) is 107 Å². The largest absolute Gasteiger partial charge is 0.397 e. The third-order valence-corrected chi connectivity index (χ3v) is 14.2. The number of carbonyl (C=O) groups is 2. The Morgan fingerprint density at radius 1 is 0.459 bits per heavy atom. The minimum atomic E-state index is -4.00. The predicted octanol–water partition coefficient (Wildman–Crippen LogP) is 11.2. The minimum absolute atomic E-state index is 0.0741. The first-order valence-corrected chi connectivity index (χ1v) is 30.8. The molecule has 0 unspecified atom stereocenters. The summed E-state index contributed by atoms with van der Waals surface area (Å²) in [5.74, 6) is -0.0246. The van der Waals surface area contributed by atoms with E-state index in [2.05, 4.69) is 54.2 Å². The second-order valence-corrected chi connectivity index (χ2v) is 22.1. The first-order valence-electron chi connectivity index (χ1n) is 27.9. The SMILES string of the molecule is CCO.COCCCCCCCc1ccc(-c2cnc(N)c(C(=O)Cc3cccnc3)n2)cc1.COCCCCCCCc1ccc(-c2cnc(N)c(C(=O)Cc3cccnc3)n2)cc1.O=S(=O)(O)c1ccccc1.O=S(=O)(O)c1ccccc1. The number of ether oxygens (including phenoxy) is 2. The standard InChI is InChI=1S/2C25H30N4O2.2C6H6O3S.C2H6O/c2*1-31-15-6-4-2-3-5-8-19-10-12-21(13-11-19)22-18-28-25(26)24(29-22)23(30)16-20-9-7-14-27-17-20;2*7-10(8,9)6-4-2-1-3-5-6;1-2-3/h2*7,9-14,17-18H,2-6,8,15-16H2,1H3,(H2,26,28);2*1-5H,(H,7,8,9);3H,2H2,1H3. The molecule has 4 heterocycles. The zero-order chi connectivity index (χ0) is 61.7. The van der Waals surface area contributed by atoms with Crippen LogP contribution in [-0.2, 0) is 55.4 Å². The van der Waals surface area contributed by atoms with Gasteiger partial charge in [0.05, 0.1) is 33.6 Å². The molecule has 0 radical (unpaired) electrons. The number of hydrogen-bond donors (Lipinski definition) is 5. The van der Waals surface area contributed by atoms with Crippen LogP contribution < -0.4 is 11.5 Å². The summed E-state index contributed by atoms with van der Waals surface area (Å²) < 4.78 is 68.6. The Hall–Kier alpha value is -8.02. The first kappa shape index (κ1) is 69.5. The number of anilines is 2. The van der Waals surface area contributed by atoms with Crippen LogP contribution >= 0.6 is 0 Å². The number of Topliss-reactive ketones (excluding diaryl/α,β-unsaturated/α-hetero) is 2. The van der Waals surface area contributed by atoms with Crippen LogP contribution in [0.3, 0.4) is 0 Å². The van der Waals surface area contributed by atoms with Gasteiger partial charge in [0.25, 0.3) is 20.2 Å². The van der Waals surface area contributed by atoms with Crippen LogP contribution in [0.4, 0.5) is 11.6 Å².